The van der Waals surface area contributed by atoms with Gasteiger partial charge in [0.1, 0.15) is 0 Å². The van der Waals surface area contributed by atoms with E-state index in [-0.39, 0.29) is 32.8 Å². The fourth-order valence-electron chi connectivity index (χ4n) is 2.41. The molecule has 2 rings (SSSR count). The number of carbonyl (C=O) groups excluding carboxylic acids is 1. The van der Waals surface area contributed by atoms with Crippen LogP contribution in [0.15, 0.2) is 54.6 Å². The van der Waals surface area contributed by atoms with E-state index in [1.165, 1.54) is 0 Å². The topological polar surface area (TPSA) is 69.4 Å². The minimum absolute atomic E-state index is 0.0305. The van der Waals surface area contributed by atoms with Crippen LogP contribution >= 0.6 is 0 Å². The van der Waals surface area contributed by atoms with Crippen molar-refractivity contribution in [3.63, 3.8) is 0 Å². The Morgan fingerprint density at radius 1 is 1.16 bits per heavy atom. The van der Waals surface area contributed by atoms with Gasteiger partial charge in [-0.1, -0.05) is 0 Å². The molecule has 0 aliphatic heterocycles. The maximum absolute atomic E-state index is 12.0. The van der Waals surface area contributed by atoms with Gasteiger partial charge in [-0.05, 0) is 0 Å². The van der Waals surface area contributed by atoms with E-state index < -0.39 is 16.9 Å². The fraction of sp³-hybridized carbons (Fsp3) is 0.316. The van der Waals surface area contributed by atoms with Gasteiger partial charge in [-0.3, -0.25) is 0 Å². The van der Waals surface area contributed by atoms with Gasteiger partial charge >= 0.3 is 153 Å². The number of esters is 1. The first kappa shape index (κ1) is 19.2. The Morgan fingerprint density at radius 2 is 1.80 bits per heavy atom. The summed E-state index contributed by atoms with van der Waals surface area (Å²) < 4.78 is 6.04. The molecule has 0 aromatic heterocycles. The molecule has 0 amide bonds. The molecule has 5 nitrogen and oxygen atoms in total. The molecule has 2 aromatic rings. The third-order valence-corrected chi connectivity index (χ3v) is 6.43. The van der Waals surface area contributed by atoms with Gasteiger partial charge < -0.3 is 0 Å². The molecular weight excluding hydrogens is 385 g/mol. The summed E-state index contributed by atoms with van der Waals surface area (Å²) in [6, 6.07) is 16.5. The minimum atomic E-state index is -1.34. The van der Waals surface area contributed by atoms with Crippen molar-refractivity contribution < 1.29 is 14.5 Å². The zero-order valence-electron chi connectivity index (χ0n) is 14.3. The van der Waals surface area contributed by atoms with E-state index in [2.05, 4.69) is 0 Å². The van der Waals surface area contributed by atoms with Gasteiger partial charge in [0.2, 0.25) is 0 Å². The molecule has 0 aliphatic carbocycles. The van der Waals surface area contributed by atoms with Gasteiger partial charge in [-0.15, -0.1) is 0 Å². The molecule has 0 bridgehead atoms. The zero-order chi connectivity index (χ0) is 18.2. The normalized spacial score (nSPS) is 13.0. The fourth-order valence-corrected chi connectivity index (χ4v) is 4.95. The predicted molar refractivity (Wildman–Crippen MR) is 97.8 cm³/mol. The second-order valence-corrected chi connectivity index (χ2v) is 8.30. The van der Waals surface area contributed by atoms with E-state index in [1.54, 1.807) is 6.92 Å². The molecule has 132 valence electrons. The van der Waals surface area contributed by atoms with Crippen molar-refractivity contribution >= 4 is 25.4 Å². The second kappa shape index (κ2) is 9.35. The van der Waals surface area contributed by atoms with E-state index >= 15 is 0 Å². The van der Waals surface area contributed by atoms with Crippen LogP contribution in [0.5, 0.6) is 0 Å². The Bertz CT molecular complexity index is 703. The van der Waals surface area contributed by atoms with Crippen molar-refractivity contribution in [2.45, 2.75) is 31.1 Å². The molecule has 0 radical (unpaired) electrons. The maximum atomic E-state index is 12.0. The summed E-state index contributed by atoms with van der Waals surface area (Å²) in [5.41, 5.74) is 2.15. The van der Waals surface area contributed by atoms with Crippen molar-refractivity contribution in [2.75, 3.05) is 6.61 Å². The molecule has 0 N–H and O–H groups in total. The van der Waals surface area contributed by atoms with Crippen LogP contribution in [0.25, 0.3) is 0 Å². The predicted octanol–water partition coefficient (Wildman–Crippen LogP) is 2.66. The van der Waals surface area contributed by atoms with Crippen molar-refractivity contribution in [1.29, 1.82) is 0 Å². The molecule has 0 saturated carbocycles. The van der Waals surface area contributed by atoms with Crippen molar-refractivity contribution in [3.05, 3.63) is 75.8 Å². The van der Waals surface area contributed by atoms with Gasteiger partial charge in [-0.25, -0.2) is 0 Å². The first-order valence-electron chi connectivity index (χ1n) is 8.09. The van der Waals surface area contributed by atoms with Crippen molar-refractivity contribution in [2.24, 2.45) is 0 Å². The van der Waals surface area contributed by atoms with Gasteiger partial charge in [0.05, 0.1) is 0 Å². The van der Waals surface area contributed by atoms with Gasteiger partial charge in [0.15, 0.2) is 0 Å². The summed E-state index contributed by atoms with van der Waals surface area (Å²) >= 11 is -0.0305. The van der Waals surface area contributed by atoms with Crippen LogP contribution in [0.3, 0.4) is 0 Å². The molecule has 2 unspecified atom stereocenters. The molecule has 2 atom stereocenters. The van der Waals surface area contributed by atoms with E-state index in [4.69, 9.17) is 4.74 Å². The Labute approximate surface area is 153 Å². The molecular formula is C19H21NO4Se. The molecule has 0 aliphatic rings. The van der Waals surface area contributed by atoms with Gasteiger partial charge in [0.25, 0.3) is 0 Å². The number of rotatable bonds is 8. The molecule has 0 fully saturated rings. The Balaban J connectivity index is 2.27. The summed E-state index contributed by atoms with van der Waals surface area (Å²) in [7, 11) is 0. The van der Waals surface area contributed by atoms with Crippen molar-refractivity contribution in [1.82, 2.24) is 0 Å². The number of hydrogen-bond donors (Lipinski definition) is 0. The number of nitrogens with zero attached hydrogens (tertiary/aromatic N) is 1. The number of nitro groups is 1. The first-order valence-corrected chi connectivity index (χ1v) is 9.94. The Morgan fingerprint density at radius 3 is 2.36 bits per heavy atom. The van der Waals surface area contributed by atoms with Crippen molar-refractivity contribution in [3.8, 4) is 0 Å². The van der Waals surface area contributed by atoms with Gasteiger partial charge in [0, 0.05) is 0 Å². The van der Waals surface area contributed by atoms with Crippen LogP contribution in [0.2, 0.25) is 0 Å². The molecule has 0 spiro atoms. The second-order valence-electron chi connectivity index (χ2n) is 5.62. The first-order chi connectivity index (χ1) is 12.0. The molecule has 0 heterocycles. The number of ether oxygens (including phenoxy) is 1. The summed E-state index contributed by atoms with van der Waals surface area (Å²) in [5.74, 6) is -0.756. The van der Waals surface area contributed by atoms with E-state index in [9.17, 15) is 14.9 Å². The summed E-state index contributed by atoms with van der Waals surface area (Å²) in [6.07, 6.45) is 0.143. The van der Waals surface area contributed by atoms with Gasteiger partial charge in [-0.2, -0.15) is 0 Å². The van der Waals surface area contributed by atoms with E-state index in [0.29, 0.717) is 0 Å². The van der Waals surface area contributed by atoms with Crippen LogP contribution in [0.4, 0.5) is 0 Å². The van der Waals surface area contributed by atoms with Crippen LogP contribution in [-0.4, -0.2) is 38.5 Å². The number of aryl methyl sites for hydroxylation is 1. The summed E-state index contributed by atoms with van der Waals surface area (Å²) in [5, 5.41) is 11.4. The Kier molecular flexibility index (Phi) is 7.16. The number of carbonyl (C=O) groups is 1. The number of benzene rings is 2. The van der Waals surface area contributed by atoms with Crippen LogP contribution in [0, 0.1) is 17.0 Å². The quantitative estimate of drug-likeness (QED) is 0.293. The average Bonchev–Trinajstić information content (AvgIpc) is 2.60. The van der Waals surface area contributed by atoms with Crippen LogP contribution < -0.4 is 4.46 Å². The number of hydrogen-bond acceptors (Lipinski definition) is 4. The third-order valence-electron chi connectivity index (χ3n) is 3.72. The standard InChI is InChI=1S/C19H21NO4Se/c1-3-24-19(21)17(20(22)23)13-18(15-11-9-14(2)10-12-15)25-16-7-5-4-6-8-16/h4-12,17-18H,3,13H2,1-2H3. The molecule has 25 heavy (non-hydrogen) atoms. The average molecular weight is 406 g/mol. The van der Waals surface area contributed by atoms with E-state index in [1.807, 2.05) is 61.5 Å². The molecule has 2 aromatic carbocycles. The zero-order valence-corrected chi connectivity index (χ0v) is 16.0. The third kappa shape index (κ3) is 5.69. The SMILES string of the molecule is CCOC(=O)C(CC([Se]c1ccccc1)c1ccc(C)cc1)[N+](=O)[O-]. The molecule has 0 saturated heterocycles. The van der Waals surface area contributed by atoms with E-state index in [0.717, 1.165) is 15.6 Å². The monoisotopic (exact) mass is 407 g/mol. The summed E-state index contributed by atoms with van der Waals surface area (Å²) in [4.78, 5) is 22.8. The molecule has 6 heteroatoms. The Hall–Kier alpha value is -2.17. The van der Waals surface area contributed by atoms with Crippen LogP contribution in [-0.2, 0) is 9.53 Å². The summed E-state index contributed by atoms with van der Waals surface area (Å²) in [6.45, 7) is 3.79. The van der Waals surface area contributed by atoms with Crippen LogP contribution in [0.1, 0.15) is 29.3 Å².